The number of aromatic nitrogens is 3. The van der Waals surface area contributed by atoms with E-state index in [0.717, 1.165) is 11.8 Å². The topological polar surface area (TPSA) is 98.1 Å². The zero-order chi connectivity index (χ0) is 21.5. The molecule has 0 aliphatic rings. The average Bonchev–Trinajstić information content (AvgIpc) is 3.08. The van der Waals surface area contributed by atoms with E-state index in [1.54, 1.807) is 55.1 Å². The lowest BCUT2D eigenvalue weighted by Gasteiger charge is -2.07. The molecular formula is C20H20FN5O3S. The van der Waals surface area contributed by atoms with Crippen LogP contribution in [0.5, 0.6) is 5.75 Å². The van der Waals surface area contributed by atoms with Crippen molar-refractivity contribution < 1.29 is 18.7 Å². The van der Waals surface area contributed by atoms with Crippen LogP contribution < -0.4 is 15.4 Å². The summed E-state index contributed by atoms with van der Waals surface area (Å²) in [6.07, 6.45) is 0.0253. The number of hydrogen-bond acceptors (Lipinski definition) is 6. The number of nitrogens with one attached hydrogen (secondary N) is 2. The van der Waals surface area contributed by atoms with Crippen LogP contribution in [0, 0.1) is 5.82 Å². The summed E-state index contributed by atoms with van der Waals surface area (Å²) in [4.78, 5) is 24.3. The minimum absolute atomic E-state index is 0.0253. The van der Waals surface area contributed by atoms with Crippen LogP contribution in [0.3, 0.4) is 0 Å². The highest BCUT2D eigenvalue weighted by Gasteiger charge is 2.15. The van der Waals surface area contributed by atoms with E-state index >= 15 is 0 Å². The third-order valence-electron chi connectivity index (χ3n) is 4.10. The Kier molecular flexibility index (Phi) is 7.02. The quantitative estimate of drug-likeness (QED) is 0.535. The molecule has 2 amide bonds. The number of methoxy groups -OCH3 is 1. The minimum Gasteiger partial charge on any atom is -0.497 e. The first-order chi connectivity index (χ1) is 14.5. The Morgan fingerprint density at radius 2 is 1.80 bits per heavy atom. The van der Waals surface area contributed by atoms with Crippen LogP contribution >= 0.6 is 11.8 Å². The molecule has 0 saturated carbocycles. The Morgan fingerprint density at radius 3 is 2.50 bits per heavy atom. The van der Waals surface area contributed by atoms with E-state index in [-0.39, 0.29) is 29.7 Å². The number of thioether (sulfide) groups is 1. The number of para-hydroxylation sites is 1. The van der Waals surface area contributed by atoms with Gasteiger partial charge in [0.25, 0.3) is 0 Å². The van der Waals surface area contributed by atoms with Crippen LogP contribution in [0.2, 0.25) is 0 Å². The van der Waals surface area contributed by atoms with Crippen molar-refractivity contribution in [3.05, 3.63) is 60.2 Å². The highest BCUT2D eigenvalue weighted by Crippen LogP contribution is 2.19. The molecule has 0 atom stereocenters. The summed E-state index contributed by atoms with van der Waals surface area (Å²) in [5.74, 6) is 0.0642. The molecule has 0 saturated heterocycles. The maximum atomic E-state index is 13.6. The molecule has 3 aromatic rings. The van der Waals surface area contributed by atoms with E-state index in [2.05, 4.69) is 20.8 Å². The number of benzene rings is 2. The summed E-state index contributed by atoms with van der Waals surface area (Å²) in [7, 11) is 3.29. The Balaban J connectivity index is 1.52. The SMILES string of the molecule is COc1ccc(NC(=O)Cc2nnc(SCC(=O)Nc3ccccc3F)n2C)cc1. The molecule has 0 aliphatic heterocycles. The first-order valence-electron chi connectivity index (χ1n) is 8.95. The summed E-state index contributed by atoms with van der Waals surface area (Å²) in [5.41, 5.74) is 0.763. The zero-order valence-corrected chi connectivity index (χ0v) is 17.2. The van der Waals surface area contributed by atoms with Gasteiger partial charge in [0.15, 0.2) is 5.16 Å². The second-order valence-electron chi connectivity index (χ2n) is 6.23. The normalized spacial score (nSPS) is 10.5. The molecule has 2 N–H and O–H groups in total. The van der Waals surface area contributed by atoms with E-state index in [9.17, 15) is 14.0 Å². The fraction of sp³-hybridized carbons (Fsp3) is 0.200. The van der Waals surface area contributed by atoms with E-state index in [1.807, 2.05) is 0 Å². The third kappa shape index (κ3) is 5.57. The summed E-state index contributed by atoms with van der Waals surface area (Å²) >= 11 is 1.15. The van der Waals surface area contributed by atoms with E-state index < -0.39 is 5.82 Å². The Bertz CT molecular complexity index is 1040. The number of ether oxygens (including phenoxy) is 1. The molecule has 156 valence electrons. The Labute approximate surface area is 176 Å². The maximum absolute atomic E-state index is 13.6. The molecule has 1 heterocycles. The van der Waals surface area contributed by atoms with E-state index in [4.69, 9.17) is 4.74 Å². The molecule has 0 bridgehead atoms. The summed E-state index contributed by atoms with van der Waals surface area (Å²) in [6, 6.07) is 12.9. The molecule has 3 rings (SSSR count). The Morgan fingerprint density at radius 1 is 1.07 bits per heavy atom. The van der Waals surface area contributed by atoms with Crippen LogP contribution in [0.1, 0.15) is 5.82 Å². The second-order valence-corrected chi connectivity index (χ2v) is 7.17. The summed E-state index contributed by atoms with van der Waals surface area (Å²) in [6.45, 7) is 0. The van der Waals surface area contributed by atoms with Crippen molar-refractivity contribution >= 4 is 35.0 Å². The van der Waals surface area contributed by atoms with Gasteiger partial charge < -0.3 is 19.9 Å². The van der Waals surface area contributed by atoms with Crippen LogP contribution in [0.4, 0.5) is 15.8 Å². The lowest BCUT2D eigenvalue weighted by molar-refractivity contribution is -0.116. The van der Waals surface area contributed by atoms with Gasteiger partial charge in [-0.15, -0.1) is 10.2 Å². The van der Waals surface area contributed by atoms with Crippen LogP contribution in [0.15, 0.2) is 53.7 Å². The van der Waals surface area contributed by atoms with Gasteiger partial charge in [-0.2, -0.15) is 0 Å². The van der Waals surface area contributed by atoms with Crippen molar-refractivity contribution in [2.75, 3.05) is 23.5 Å². The van der Waals surface area contributed by atoms with Crippen molar-refractivity contribution in [1.82, 2.24) is 14.8 Å². The van der Waals surface area contributed by atoms with Gasteiger partial charge in [-0.3, -0.25) is 9.59 Å². The number of anilines is 2. The summed E-state index contributed by atoms with van der Waals surface area (Å²) in [5, 5.41) is 13.8. The Hall–Kier alpha value is -3.40. The van der Waals surface area contributed by atoms with Gasteiger partial charge in [-0.05, 0) is 36.4 Å². The fourth-order valence-corrected chi connectivity index (χ4v) is 3.26. The lowest BCUT2D eigenvalue weighted by atomic mass is 10.3. The van der Waals surface area contributed by atoms with Crippen molar-refractivity contribution in [1.29, 1.82) is 0 Å². The van der Waals surface area contributed by atoms with Gasteiger partial charge in [0.1, 0.15) is 17.4 Å². The largest absolute Gasteiger partial charge is 0.497 e. The van der Waals surface area contributed by atoms with Gasteiger partial charge in [0.05, 0.1) is 25.0 Å². The first-order valence-corrected chi connectivity index (χ1v) is 9.94. The van der Waals surface area contributed by atoms with Crippen LogP contribution in [-0.2, 0) is 23.1 Å². The van der Waals surface area contributed by atoms with Gasteiger partial charge >= 0.3 is 0 Å². The van der Waals surface area contributed by atoms with Gasteiger partial charge in [0, 0.05) is 12.7 Å². The molecule has 0 aliphatic carbocycles. The van der Waals surface area contributed by atoms with Crippen molar-refractivity contribution in [2.45, 2.75) is 11.6 Å². The molecule has 8 nitrogen and oxygen atoms in total. The standard InChI is InChI=1S/C20H20FN5O3S/c1-26-17(11-18(27)22-13-7-9-14(29-2)10-8-13)24-25-20(26)30-12-19(28)23-16-6-4-3-5-15(16)21/h3-10H,11-12H2,1-2H3,(H,22,27)(H,23,28). The van der Waals surface area contributed by atoms with Gasteiger partial charge in [-0.1, -0.05) is 23.9 Å². The van der Waals surface area contributed by atoms with Gasteiger partial charge in [-0.25, -0.2) is 4.39 Å². The number of halogens is 1. The monoisotopic (exact) mass is 429 g/mol. The average molecular weight is 429 g/mol. The van der Waals surface area contributed by atoms with Crippen molar-refractivity contribution in [2.24, 2.45) is 7.05 Å². The van der Waals surface area contributed by atoms with Gasteiger partial charge in [0.2, 0.25) is 11.8 Å². The number of carbonyl (C=O) groups excluding carboxylic acids is 2. The maximum Gasteiger partial charge on any atom is 0.234 e. The van der Waals surface area contributed by atoms with Crippen molar-refractivity contribution in [3.8, 4) is 5.75 Å². The van der Waals surface area contributed by atoms with Crippen LogP contribution in [0.25, 0.3) is 0 Å². The first kappa shape index (κ1) is 21.3. The van der Waals surface area contributed by atoms with E-state index in [1.165, 1.54) is 12.1 Å². The molecular weight excluding hydrogens is 409 g/mol. The third-order valence-corrected chi connectivity index (χ3v) is 5.12. The fourth-order valence-electron chi connectivity index (χ4n) is 2.53. The molecule has 30 heavy (non-hydrogen) atoms. The number of nitrogens with zero attached hydrogens (tertiary/aromatic N) is 3. The highest BCUT2D eigenvalue weighted by molar-refractivity contribution is 7.99. The molecule has 10 heteroatoms. The van der Waals surface area contributed by atoms with E-state index in [0.29, 0.717) is 22.4 Å². The van der Waals surface area contributed by atoms with Crippen molar-refractivity contribution in [3.63, 3.8) is 0 Å². The predicted octanol–water partition coefficient (Wildman–Crippen LogP) is 2.87. The summed E-state index contributed by atoms with van der Waals surface area (Å²) < 4.78 is 20.3. The lowest BCUT2D eigenvalue weighted by Crippen LogP contribution is -2.17. The highest BCUT2D eigenvalue weighted by atomic mass is 32.2. The zero-order valence-electron chi connectivity index (χ0n) is 16.4. The molecule has 0 fully saturated rings. The molecule has 0 spiro atoms. The number of amides is 2. The molecule has 0 radical (unpaired) electrons. The smallest absolute Gasteiger partial charge is 0.234 e. The predicted molar refractivity (Wildman–Crippen MR) is 112 cm³/mol. The minimum atomic E-state index is -0.500. The number of rotatable bonds is 8. The molecule has 2 aromatic carbocycles. The molecule has 0 unspecified atom stereocenters. The number of carbonyl (C=O) groups is 2. The molecule has 1 aromatic heterocycles. The van der Waals surface area contributed by atoms with Crippen LogP contribution in [-0.4, -0.2) is 39.4 Å². The number of hydrogen-bond donors (Lipinski definition) is 2. The second kappa shape index (κ2) is 9.88.